The largest absolute Gasteiger partial charge is 0.206 e. The van der Waals surface area contributed by atoms with Crippen molar-refractivity contribution >= 4 is 10.8 Å². The van der Waals surface area contributed by atoms with Gasteiger partial charge >= 0.3 is 0 Å². The van der Waals surface area contributed by atoms with Gasteiger partial charge in [0.1, 0.15) is 5.82 Å². The van der Waals surface area contributed by atoms with E-state index in [9.17, 15) is 4.39 Å². The fourth-order valence-corrected chi connectivity index (χ4v) is 1.81. The lowest BCUT2D eigenvalue weighted by molar-refractivity contribution is 0.529. The van der Waals surface area contributed by atoms with E-state index in [2.05, 4.69) is 0 Å². The molecule has 0 nitrogen and oxygen atoms in total. The maximum atomic E-state index is 14.2. The van der Waals surface area contributed by atoms with Crippen molar-refractivity contribution in [3.63, 3.8) is 0 Å². The molecule has 0 aliphatic heterocycles. The van der Waals surface area contributed by atoms with Gasteiger partial charge in [-0.25, -0.2) is 4.39 Å². The quantitative estimate of drug-likeness (QED) is 0.598. The monoisotopic (exact) mass is 202 g/mol. The zero-order valence-corrected chi connectivity index (χ0v) is 9.34. The minimum absolute atomic E-state index is 0.0828. The highest BCUT2D eigenvalue weighted by molar-refractivity contribution is 5.84. The highest BCUT2D eigenvalue weighted by Gasteiger charge is 2.19. The topological polar surface area (TPSA) is 0 Å². The molecule has 0 heterocycles. The number of halogens is 1. The molecule has 0 unspecified atom stereocenters. The number of benzene rings is 2. The zero-order valence-electron chi connectivity index (χ0n) is 9.34. The molecule has 2 aromatic rings. The van der Waals surface area contributed by atoms with Crippen molar-refractivity contribution in [2.45, 2.75) is 26.2 Å². The molecule has 0 amide bonds. The zero-order chi connectivity index (χ0) is 11.1. The third-order valence-corrected chi connectivity index (χ3v) is 2.67. The maximum Gasteiger partial charge on any atom is 0.134 e. The Balaban J connectivity index is 2.76. The van der Waals surface area contributed by atoms with Crippen LogP contribution in [-0.2, 0) is 5.41 Å². The molecule has 2 rings (SSSR count). The Morgan fingerprint density at radius 1 is 0.933 bits per heavy atom. The summed E-state index contributed by atoms with van der Waals surface area (Å²) in [5, 5.41) is 1.67. The van der Waals surface area contributed by atoms with Gasteiger partial charge in [0.05, 0.1) is 0 Å². The Morgan fingerprint density at radius 3 is 2.27 bits per heavy atom. The van der Waals surface area contributed by atoms with Crippen LogP contribution >= 0.6 is 0 Å². The molecule has 0 aliphatic rings. The first-order valence-electron chi connectivity index (χ1n) is 5.18. The van der Waals surface area contributed by atoms with E-state index < -0.39 is 0 Å². The molecule has 0 spiro atoms. The van der Waals surface area contributed by atoms with Gasteiger partial charge in [-0.3, -0.25) is 0 Å². The fourth-order valence-electron chi connectivity index (χ4n) is 1.81. The summed E-state index contributed by atoms with van der Waals surface area (Å²) in [5.74, 6) is -0.0828. The fraction of sp³-hybridized carbons (Fsp3) is 0.286. The number of hydrogen-bond donors (Lipinski definition) is 0. The third kappa shape index (κ3) is 1.74. The number of hydrogen-bond acceptors (Lipinski definition) is 0. The van der Waals surface area contributed by atoms with Crippen LogP contribution in [0.1, 0.15) is 26.3 Å². The molecule has 1 heteroatoms. The van der Waals surface area contributed by atoms with Crippen molar-refractivity contribution < 1.29 is 4.39 Å². The van der Waals surface area contributed by atoms with Gasteiger partial charge < -0.3 is 0 Å². The van der Waals surface area contributed by atoms with Gasteiger partial charge in [0.25, 0.3) is 0 Å². The third-order valence-electron chi connectivity index (χ3n) is 2.67. The standard InChI is InChI=1S/C14H15F/c1-14(2,3)12-9-8-10-6-4-5-7-11(10)13(12)15/h4-9H,1-3H3. The second kappa shape index (κ2) is 3.34. The van der Waals surface area contributed by atoms with Gasteiger partial charge in [0, 0.05) is 5.39 Å². The minimum atomic E-state index is -0.145. The van der Waals surface area contributed by atoms with Gasteiger partial charge in [0.15, 0.2) is 0 Å². The summed E-state index contributed by atoms with van der Waals surface area (Å²) in [7, 11) is 0. The van der Waals surface area contributed by atoms with Crippen LogP contribution in [0.25, 0.3) is 10.8 Å². The smallest absolute Gasteiger partial charge is 0.134 e. The van der Waals surface area contributed by atoms with Crippen LogP contribution in [0.5, 0.6) is 0 Å². The molecule has 15 heavy (non-hydrogen) atoms. The van der Waals surface area contributed by atoms with Gasteiger partial charge in [-0.05, 0) is 16.4 Å². The van der Waals surface area contributed by atoms with Crippen molar-refractivity contribution in [2.75, 3.05) is 0 Å². The van der Waals surface area contributed by atoms with E-state index in [0.29, 0.717) is 5.39 Å². The summed E-state index contributed by atoms with van der Waals surface area (Å²) in [4.78, 5) is 0. The van der Waals surface area contributed by atoms with Gasteiger partial charge in [-0.15, -0.1) is 0 Å². The normalized spacial score (nSPS) is 12.0. The van der Waals surface area contributed by atoms with E-state index in [1.165, 1.54) is 0 Å². The summed E-state index contributed by atoms with van der Waals surface area (Å²) in [6.07, 6.45) is 0. The van der Waals surface area contributed by atoms with Crippen molar-refractivity contribution in [2.24, 2.45) is 0 Å². The van der Waals surface area contributed by atoms with E-state index in [0.717, 1.165) is 10.9 Å². The summed E-state index contributed by atoms with van der Waals surface area (Å²) in [5.41, 5.74) is 0.634. The Hall–Kier alpha value is -1.37. The molecule has 0 bridgehead atoms. The first-order chi connectivity index (χ1) is 7.00. The molecule has 0 aromatic heterocycles. The average Bonchev–Trinajstić information content (AvgIpc) is 2.16. The number of fused-ring (bicyclic) bond motifs is 1. The Kier molecular flexibility index (Phi) is 2.26. The first-order valence-corrected chi connectivity index (χ1v) is 5.18. The average molecular weight is 202 g/mol. The van der Waals surface area contributed by atoms with Crippen molar-refractivity contribution in [1.29, 1.82) is 0 Å². The molecule has 78 valence electrons. The van der Waals surface area contributed by atoms with Crippen LogP contribution in [-0.4, -0.2) is 0 Å². The highest BCUT2D eigenvalue weighted by Crippen LogP contribution is 2.29. The molecule has 0 saturated carbocycles. The van der Waals surface area contributed by atoms with Crippen molar-refractivity contribution in [3.8, 4) is 0 Å². The lowest BCUT2D eigenvalue weighted by Crippen LogP contribution is -2.13. The van der Waals surface area contributed by atoms with Crippen LogP contribution in [0.2, 0.25) is 0 Å². The lowest BCUT2D eigenvalue weighted by atomic mass is 9.85. The van der Waals surface area contributed by atoms with E-state index in [1.54, 1.807) is 0 Å². The van der Waals surface area contributed by atoms with Gasteiger partial charge in [0.2, 0.25) is 0 Å². The van der Waals surface area contributed by atoms with Crippen LogP contribution in [0.15, 0.2) is 36.4 Å². The minimum Gasteiger partial charge on any atom is -0.206 e. The molecule has 2 aromatic carbocycles. The number of rotatable bonds is 0. The summed E-state index contributed by atoms with van der Waals surface area (Å²) < 4.78 is 14.2. The van der Waals surface area contributed by atoms with E-state index in [1.807, 2.05) is 57.2 Å². The summed E-state index contributed by atoms with van der Waals surface area (Å²) >= 11 is 0. The molecule has 0 aliphatic carbocycles. The molecule has 0 radical (unpaired) electrons. The second-order valence-corrected chi connectivity index (χ2v) is 4.90. The van der Waals surface area contributed by atoms with E-state index >= 15 is 0 Å². The first kappa shape index (κ1) is 10.2. The molecule has 0 fully saturated rings. The second-order valence-electron chi connectivity index (χ2n) is 4.90. The Morgan fingerprint density at radius 2 is 1.60 bits per heavy atom. The van der Waals surface area contributed by atoms with Crippen LogP contribution < -0.4 is 0 Å². The highest BCUT2D eigenvalue weighted by atomic mass is 19.1. The maximum absolute atomic E-state index is 14.2. The summed E-state index contributed by atoms with van der Waals surface area (Å²) in [6, 6.07) is 11.4. The Labute approximate surface area is 89.7 Å². The van der Waals surface area contributed by atoms with Crippen LogP contribution in [0, 0.1) is 5.82 Å². The molecular weight excluding hydrogens is 187 g/mol. The summed E-state index contributed by atoms with van der Waals surface area (Å²) in [6.45, 7) is 6.08. The van der Waals surface area contributed by atoms with E-state index in [-0.39, 0.29) is 11.2 Å². The van der Waals surface area contributed by atoms with Crippen molar-refractivity contribution in [1.82, 2.24) is 0 Å². The lowest BCUT2D eigenvalue weighted by Gasteiger charge is -2.20. The van der Waals surface area contributed by atoms with Gasteiger partial charge in [-0.1, -0.05) is 57.2 Å². The van der Waals surface area contributed by atoms with Crippen LogP contribution in [0.4, 0.5) is 4.39 Å². The van der Waals surface area contributed by atoms with Gasteiger partial charge in [-0.2, -0.15) is 0 Å². The van der Waals surface area contributed by atoms with Crippen molar-refractivity contribution in [3.05, 3.63) is 47.8 Å². The molecular formula is C14H15F. The molecule has 0 atom stereocenters. The van der Waals surface area contributed by atoms with E-state index in [4.69, 9.17) is 0 Å². The molecule has 0 N–H and O–H groups in total. The Bertz CT molecular complexity index is 492. The van der Waals surface area contributed by atoms with Crippen LogP contribution in [0.3, 0.4) is 0 Å². The predicted octanol–water partition coefficient (Wildman–Crippen LogP) is 4.28. The predicted molar refractivity (Wildman–Crippen MR) is 62.6 cm³/mol. The molecule has 0 saturated heterocycles. The SMILES string of the molecule is CC(C)(C)c1ccc2ccccc2c1F.